The SMILES string of the molecule is CN(C)[C@H](CN)C(F)(F)F. The summed E-state index contributed by atoms with van der Waals surface area (Å²) in [5.41, 5.74) is 4.90. The topological polar surface area (TPSA) is 29.3 Å². The number of hydrogen-bond donors (Lipinski definition) is 1. The third-order valence-electron chi connectivity index (χ3n) is 1.22. The first-order chi connectivity index (χ1) is 4.39. The Kier molecular flexibility index (Phi) is 3.11. The Labute approximate surface area is 57.8 Å². The molecule has 10 heavy (non-hydrogen) atoms. The summed E-state index contributed by atoms with van der Waals surface area (Å²) in [6, 6.07) is -1.52. The van der Waals surface area contributed by atoms with Crippen molar-refractivity contribution in [1.82, 2.24) is 4.90 Å². The van der Waals surface area contributed by atoms with Gasteiger partial charge in [0.05, 0.1) is 0 Å². The molecule has 0 heterocycles. The highest BCUT2D eigenvalue weighted by molar-refractivity contribution is 4.74. The van der Waals surface area contributed by atoms with Crippen molar-refractivity contribution < 1.29 is 13.2 Å². The fourth-order valence-electron chi connectivity index (χ4n) is 0.637. The van der Waals surface area contributed by atoms with Gasteiger partial charge in [-0.2, -0.15) is 13.2 Å². The Balaban J connectivity index is 4.07. The van der Waals surface area contributed by atoms with Gasteiger partial charge in [0, 0.05) is 6.54 Å². The van der Waals surface area contributed by atoms with E-state index in [1.807, 2.05) is 0 Å². The molecule has 0 bridgehead atoms. The van der Waals surface area contributed by atoms with Crippen molar-refractivity contribution >= 4 is 0 Å². The minimum absolute atomic E-state index is 0.392. The Bertz CT molecular complexity index is 99.6. The van der Waals surface area contributed by atoms with Crippen LogP contribution in [0.4, 0.5) is 13.2 Å². The number of halogens is 3. The van der Waals surface area contributed by atoms with Gasteiger partial charge in [0.1, 0.15) is 6.04 Å². The Morgan fingerprint density at radius 1 is 1.40 bits per heavy atom. The minimum atomic E-state index is -4.21. The first-order valence-electron chi connectivity index (χ1n) is 2.82. The van der Waals surface area contributed by atoms with Gasteiger partial charge >= 0.3 is 6.18 Å². The van der Waals surface area contributed by atoms with E-state index >= 15 is 0 Å². The first-order valence-corrected chi connectivity index (χ1v) is 2.82. The van der Waals surface area contributed by atoms with Crippen LogP contribution in [0.5, 0.6) is 0 Å². The van der Waals surface area contributed by atoms with Crippen molar-refractivity contribution in [3.8, 4) is 0 Å². The number of hydrogen-bond acceptors (Lipinski definition) is 2. The number of alkyl halides is 3. The zero-order valence-electron chi connectivity index (χ0n) is 5.94. The highest BCUT2D eigenvalue weighted by atomic mass is 19.4. The van der Waals surface area contributed by atoms with Crippen LogP contribution < -0.4 is 5.73 Å². The molecule has 0 aromatic rings. The summed E-state index contributed by atoms with van der Waals surface area (Å²) in [6.45, 7) is -0.392. The van der Waals surface area contributed by atoms with Gasteiger partial charge in [0.2, 0.25) is 0 Å². The summed E-state index contributed by atoms with van der Waals surface area (Å²) >= 11 is 0. The molecule has 2 N–H and O–H groups in total. The van der Waals surface area contributed by atoms with Crippen LogP contribution in [0.25, 0.3) is 0 Å². The Morgan fingerprint density at radius 3 is 1.80 bits per heavy atom. The quantitative estimate of drug-likeness (QED) is 0.628. The van der Waals surface area contributed by atoms with E-state index in [0.29, 0.717) is 0 Å². The Morgan fingerprint density at radius 2 is 1.80 bits per heavy atom. The smallest absolute Gasteiger partial charge is 0.329 e. The fourth-order valence-corrected chi connectivity index (χ4v) is 0.637. The molecule has 0 saturated heterocycles. The maximum atomic E-state index is 11.8. The number of rotatable bonds is 2. The van der Waals surface area contributed by atoms with E-state index in [9.17, 15) is 13.2 Å². The fraction of sp³-hybridized carbons (Fsp3) is 1.00. The lowest BCUT2D eigenvalue weighted by molar-refractivity contribution is -0.174. The van der Waals surface area contributed by atoms with Crippen LogP contribution in [0.15, 0.2) is 0 Å². The molecular formula is C5H11F3N2. The van der Waals surface area contributed by atoms with Crippen molar-refractivity contribution in [2.75, 3.05) is 20.6 Å². The molecule has 0 aliphatic heterocycles. The third-order valence-corrected chi connectivity index (χ3v) is 1.22. The number of nitrogens with zero attached hydrogens (tertiary/aromatic N) is 1. The molecule has 0 fully saturated rings. The van der Waals surface area contributed by atoms with Crippen LogP contribution in [-0.4, -0.2) is 37.8 Å². The molecule has 0 aliphatic carbocycles. The number of nitrogens with two attached hydrogens (primary N) is 1. The summed E-state index contributed by atoms with van der Waals surface area (Å²) in [5, 5.41) is 0. The summed E-state index contributed by atoms with van der Waals surface area (Å²) in [4.78, 5) is 1.06. The molecule has 2 nitrogen and oxygen atoms in total. The van der Waals surface area contributed by atoms with Gasteiger partial charge in [-0.05, 0) is 14.1 Å². The highest BCUT2D eigenvalue weighted by Crippen LogP contribution is 2.21. The van der Waals surface area contributed by atoms with Crippen LogP contribution in [0, 0.1) is 0 Å². The van der Waals surface area contributed by atoms with E-state index in [1.54, 1.807) is 0 Å². The predicted molar refractivity (Wildman–Crippen MR) is 32.6 cm³/mol. The van der Waals surface area contributed by atoms with E-state index in [-0.39, 0.29) is 0 Å². The molecule has 0 unspecified atom stereocenters. The lowest BCUT2D eigenvalue weighted by Gasteiger charge is -2.24. The van der Waals surface area contributed by atoms with E-state index in [1.165, 1.54) is 14.1 Å². The van der Waals surface area contributed by atoms with Gasteiger partial charge in [0.15, 0.2) is 0 Å². The Hall–Kier alpha value is -0.290. The number of likely N-dealkylation sites (N-methyl/N-ethyl adjacent to an activating group) is 1. The monoisotopic (exact) mass is 156 g/mol. The van der Waals surface area contributed by atoms with E-state index in [2.05, 4.69) is 0 Å². The second-order valence-electron chi connectivity index (χ2n) is 2.26. The predicted octanol–water partition coefficient (Wildman–Crippen LogP) is 0.438. The average Bonchev–Trinajstić information content (AvgIpc) is 1.60. The van der Waals surface area contributed by atoms with Gasteiger partial charge in [-0.15, -0.1) is 0 Å². The molecule has 0 amide bonds. The summed E-state index contributed by atoms with van der Waals surface area (Å²) < 4.78 is 35.5. The largest absolute Gasteiger partial charge is 0.405 e. The minimum Gasteiger partial charge on any atom is -0.329 e. The zero-order valence-corrected chi connectivity index (χ0v) is 5.94. The molecular weight excluding hydrogens is 145 g/mol. The van der Waals surface area contributed by atoms with Crippen molar-refractivity contribution in [3.63, 3.8) is 0 Å². The normalized spacial score (nSPS) is 15.9. The third kappa shape index (κ3) is 2.53. The van der Waals surface area contributed by atoms with Crippen LogP contribution in [-0.2, 0) is 0 Å². The molecule has 0 saturated carbocycles. The summed E-state index contributed by atoms with van der Waals surface area (Å²) in [6.07, 6.45) is -4.21. The van der Waals surface area contributed by atoms with Crippen LogP contribution in [0.3, 0.4) is 0 Å². The van der Waals surface area contributed by atoms with E-state index in [0.717, 1.165) is 4.90 Å². The molecule has 0 aliphatic rings. The van der Waals surface area contributed by atoms with Crippen LogP contribution in [0.1, 0.15) is 0 Å². The van der Waals surface area contributed by atoms with Crippen molar-refractivity contribution in [2.45, 2.75) is 12.2 Å². The second kappa shape index (κ2) is 3.21. The van der Waals surface area contributed by atoms with E-state index in [4.69, 9.17) is 5.73 Å². The van der Waals surface area contributed by atoms with Crippen molar-refractivity contribution in [3.05, 3.63) is 0 Å². The molecule has 5 heteroatoms. The summed E-state index contributed by atoms with van der Waals surface area (Å²) in [7, 11) is 2.70. The maximum Gasteiger partial charge on any atom is 0.405 e. The maximum absolute atomic E-state index is 11.8. The second-order valence-corrected chi connectivity index (χ2v) is 2.26. The van der Waals surface area contributed by atoms with Gasteiger partial charge < -0.3 is 5.73 Å². The lowest BCUT2D eigenvalue weighted by atomic mass is 10.3. The van der Waals surface area contributed by atoms with E-state index < -0.39 is 18.8 Å². The highest BCUT2D eigenvalue weighted by Gasteiger charge is 2.39. The average molecular weight is 156 g/mol. The molecule has 1 atom stereocenters. The molecule has 0 radical (unpaired) electrons. The van der Waals surface area contributed by atoms with Gasteiger partial charge in [-0.1, -0.05) is 0 Å². The zero-order chi connectivity index (χ0) is 8.36. The van der Waals surface area contributed by atoms with Crippen LogP contribution in [0.2, 0.25) is 0 Å². The van der Waals surface area contributed by atoms with Gasteiger partial charge in [-0.3, -0.25) is 4.90 Å². The van der Waals surface area contributed by atoms with Crippen molar-refractivity contribution in [1.29, 1.82) is 0 Å². The lowest BCUT2D eigenvalue weighted by Crippen LogP contribution is -2.46. The molecule has 0 aromatic heterocycles. The first kappa shape index (κ1) is 9.71. The molecule has 0 rings (SSSR count). The molecule has 0 spiro atoms. The molecule has 62 valence electrons. The van der Waals surface area contributed by atoms with Crippen LogP contribution >= 0.6 is 0 Å². The van der Waals surface area contributed by atoms with Gasteiger partial charge in [0.25, 0.3) is 0 Å². The van der Waals surface area contributed by atoms with Gasteiger partial charge in [-0.25, -0.2) is 0 Å². The standard InChI is InChI=1S/C5H11F3N2/c1-10(2)4(3-9)5(6,7)8/h4H,3,9H2,1-2H3/t4-/m1/s1. The summed E-state index contributed by atoms with van der Waals surface area (Å²) in [5.74, 6) is 0. The molecule has 0 aromatic carbocycles. The van der Waals surface area contributed by atoms with Crippen molar-refractivity contribution in [2.24, 2.45) is 5.73 Å².